The predicted octanol–water partition coefficient (Wildman–Crippen LogP) is 3.84. The molecule has 4 rings (SSSR count). The third-order valence-corrected chi connectivity index (χ3v) is 5.96. The number of ketones is 1. The van der Waals surface area contributed by atoms with Crippen molar-refractivity contribution in [3.05, 3.63) is 46.3 Å². The topological polar surface area (TPSA) is 71.6 Å². The first-order chi connectivity index (χ1) is 13.5. The van der Waals surface area contributed by atoms with Gasteiger partial charge in [0, 0.05) is 24.2 Å². The number of Topliss-reactive ketones (excluding diaryl/α,β-unsaturated/α-hetero) is 1. The molecule has 28 heavy (non-hydrogen) atoms. The van der Waals surface area contributed by atoms with Gasteiger partial charge in [0.25, 0.3) is 5.91 Å². The van der Waals surface area contributed by atoms with Crippen LogP contribution in [0.25, 0.3) is 0 Å². The molecule has 1 N–H and O–H groups in total. The van der Waals surface area contributed by atoms with E-state index in [0.29, 0.717) is 30.2 Å². The fraction of sp³-hybridized carbons (Fsp3) is 0.455. The quantitative estimate of drug-likeness (QED) is 0.872. The molecule has 2 aliphatic rings. The fourth-order valence-electron chi connectivity index (χ4n) is 4.55. The van der Waals surface area contributed by atoms with Crippen molar-refractivity contribution < 1.29 is 19.1 Å². The normalized spacial score (nSPS) is 18.9. The van der Waals surface area contributed by atoms with Crippen LogP contribution in [0, 0.1) is 6.92 Å². The van der Waals surface area contributed by atoms with Gasteiger partial charge in [-0.2, -0.15) is 0 Å². The number of aromatic nitrogens is 1. The lowest BCUT2D eigenvalue weighted by atomic mass is 9.93. The molecule has 1 fully saturated rings. The lowest BCUT2D eigenvalue weighted by Crippen LogP contribution is -2.31. The molecule has 1 atom stereocenters. The van der Waals surface area contributed by atoms with Gasteiger partial charge in [-0.05, 0) is 55.9 Å². The van der Waals surface area contributed by atoms with Gasteiger partial charge in [0.2, 0.25) is 0 Å². The predicted molar refractivity (Wildman–Crippen MR) is 105 cm³/mol. The first-order valence-electron chi connectivity index (χ1n) is 9.82. The second-order valence-corrected chi connectivity index (χ2v) is 7.53. The second-order valence-electron chi connectivity index (χ2n) is 7.53. The smallest absolute Gasteiger partial charge is 0.271 e. The number of methoxy groups -OCH3 is 2. The number of amides is 1. The number of rotatable bonds is 4. The molecule has 1 aromatic carbocycles. The minimum Gasteiger partial charge on any atom is -0.493 e. The molecule has 6 heteroatoms. The summed E-state index contributed by atoms with van der Waals surface area (Å²) in [5.74, 6) is 1.45. The number of hydrogen-bond donors (Lipinski definition) is 1. The van der Waals surface area contributed by atoms with E-state index in [0.717, 1.165) is 48.1 Å². The molecule has 0 radical (unpaired) electrons. The number of likely N-dealkylation sites (tertiary alicyclic amines) is 1. The van der Waals surface area contributed by atoms with E-state index in [1.54, 1.807) is 14.2 Å². The largest absolute Gasteiger partial charge is 0.493 e. The van der Waals surface area contributed by atoms with E-state index in [-0.39, 0.29) is 17.7 Å². The molecule has 2 aromatic rings. The van der Waals surface area contributed by atoms with Crippen LogP contribution in [0.15, 0.2) is 18.2 Å². The van der Waals surface area contributed by atoms with Crippen LogP contribution < -0.4 is 9.47 Å². The minimum atomic E-state index is -0.0306. The highest BCUT2D eigenvalue weighted by atomic mass is 16.5. The van der Waals surface area contributed by atoms with Gasteiger partial charge >= 0.3 is 0 Å². The molecule has 0 saturated carbocycles. The van der Waals surface area contributed by atoms with Crippen molar-refractivity contribution in [3.63, 3.8) is 0 Å². The Kier molecular flexibility index (Phi) is 4.87. The molecule has 1 aliphatic heterocycles. The number of aromatic amines is 1. The summed E-state index contributed by atoms with van der Waals surface area (Å²) in [6.07, 6.45) is 4.09. The molecule has 1 saturated heterocycles. The number of benzene rings is 1. The monoisotopic (exact) mass is 382 g/mol. The van der Waals surface area contributed by atoms with Crippen molar-refractivity contribution >= 4 is 11.7 Å². The van der Waals surface area contributed by atoms with Gasteiger partial charge in [-0.25, -0.2) is 0 Å². The number of nitrogens with one attached hydrogen (secondary N) is 1. The Labute approximate surface area is 164 Å². The average Bonchev–Trinajstić information content (AvgIpc) is 3.32. The van der Waals surface area contributed by atoms with Crippen LogP contribution in [0.3, 0.4) is 0 Å². The third kappa shape index (κ3) is 2.97. The summed E-state index contributed by atoms with van der Waals surface area (Å²) in [5, 5.41) is 0. The molecule has 6 nitrogen and oxygen atoms in total. The van der Waals surface area contributed by atoms with E-state index in [1.807, 2.05) is 30.0 Å². The average molecular weight is 382 g/mol. The molecule has 2 heterocycles. The van der Waals surface area contributed by atoms with Crippen molar-refractivity contribution in [2.75, 3.05) is 20.8 Å². The van der Waals surface area contributed by atoms with Crippen molar-refractivity contribution in [2.45, 2.75) is 45.1 Å². The van der Waals surface area contributed by atoms with Crippen LogP contribution in [0.1, 0.15) is 69.4 Å². The van der Waals surface area contributed by atoms with E-state index < -0.39 is 0 Å². The summed E-state index contributed by atoms with van der Waals surface area (Å²) >= 11 is 0. The van der Waals surface area contributed by atoms with Crippen LogP contribution in [0.4, 0.5) is 0 Å². The first kappa shape index (κ1) is 18.6. The summed E-state index contributed by atoms with van der Waals surface area (Å²) in [5.41, 5.74) is 4.04. The lowest BCUT2D eigenvalue weighted by Gasteiger charge is -2.25. The highest BCUT2D eigenvalue weighted by molar-refractivity contribution is 6.04. The van der Waals surface area contributed by atoms with Gasteiger partial charge in [-0.1, -0.05) is 6.07 Å². The van der Waals surface area contributed by atoms with Gasteiger partial charge in [0.05, 0.1) is 20.3 Å². The van der Waals surface area contributed by atoms with E-state index in [9.17, 15) is 9.59 Å². The Hall–Kier alpha value is -2.76. The second kappa shape index (κ2) is 7.34. The van der Waals surface area contributed by atoms with Gasteiger partial charge in [0.15, 0.2) is 17.3 Å². The van der Waals surface area contributed by atoms with Crippen LogP contribution >= 0.6 is 0 Å². The van der Waals surface area contributed by atoms with Gasteiger partial charge < -0.3 is 19.4 Å². The number of ether oxygens (including phenoxy) is 2. The van der Waals surface area contributed by atoms with Gasteiger partial charge in [-0.3, -0.25) is 9.59 Å². The first-order valence-corrected chi connectivity index (χ1v) is 9.82. The summed E-state index contributed by atoms with van der Waals surface area (Å²) in [7, 11) is 3.23. The van der Waals surface area contributed by atoms with E-state index in [4.69, 9.17) is 9.47 Å². The number of nitrogens with zero attached hydrogens (tertiary/aromatic N) is 1. The Morgan fingerprint density at radius 2 is 1.93 bits per heavy atom. The highest BCUT2D eigenvalue weighted by Gasteiger charge is 2.34. The maximum atomic E-state index is 13.4. The standard InChI is InChI=1S/C22H26N2O4/c1-13-20-15(6-4-8-17(20)25)23-21(13)22(26)24-11-5-7-16(24)14-9-10-18(27-2)19(12-14)28-3/h9-10,12,16,23H,4-8,11H2,1-3H3. The number of hydrogen-bond acceptors (Lipinski definition) is 4. The number of carbonyl (C=O) groups is 2. The van der Waals surface area contributed by atoms with Gasteiger partial charge in [-0.15, -0.1) is 0 Å². The maximum Gasteiger partial charge on any atom is 0.271 e. The summed E-state index contributed by atoms with van der Waals surface area (Å²) in [6, 6.07) is 5.81. The molecule has 0 bridgehead atoms. The fourth-order valence-corrected chi connectivity index (χ4v) is 4.55. The van der Waals surface area contributed by atoms with Crippen molar-refractivity contribution in [3.8, 4) is 11.5 Å². The Morgan fingerprint density at radius 1 is 1.14 bits per heavy atom. The van der Waals surface area contributed by atoms with Crippen molar-refractivity contribution in [2.24, 2.45) is 0 Å². The van der Waals surface area contributed by atoms with E-state index >= 15 is 0 Å². The molecular weight excluding hydrogens is 356 g/mol. The van der Waals surface area contributed by atoms with Crippen LogP contribution in [-0.4, -0.2) is 42.3 Å². The summed E-state index contributed by atoms with van der Waals surface area (Å²) in [6.45, 7) is 2.59. The molecule has 1 aromatic heterocycles. The molecular formula is C22H26N2O4. The molecule has 1 aliphatic carbocycles. The zero-order chi connectivity index (χ0) is 19.8. The minimum absolute atomic E-state index is 0.0114. The Balaban J connectivity index is 1.66. The third-order valence-electron chi connectivity index (χ3n) is 5.96. The number of carbonyl (C=O) groups excluding carboxylic acids is 2. The molecule has 148 valence electrons. The van der Waals surface area contributed by atoms with Gasteiger partial charge in [0.1, 0.15) is 5.69 Å². The SMILES string of the molecule is COc1ccc(C2CCCN2C(=O)c2[nH]c3c(c2C)C(=O)CCC3)cc1OC. The number of H-pyrrole nitrogens is 1. The zero-order valence-corrected chi connectivity index (χ0v) is 16.6. The molecule has 1 amide bonds. The number of aryl methyl sites for hydroxylation is 1. The van der Waals surface area contributed by atoms with Crippen LogP contribution in [-0.2, 0) is 6.42 Å². The van der Waals surface area contributed by atoms with Crippen LogP contribution in [0.2, 0.25) is 0 Å². The molecule has 1 unspecified atom stereocenters. The van der Waals surface area contributed by atoms with E-state index in [2.05, 4.69) is 4.98 Å². The maximum absolute atomic E-state index is 13.4. The van der Waals surface area contributed by atoms with Crippen molar-refractivity contribution in [1.29, 1.82) is 0 Å². The van der Waals surface area contributed by atoms with E-state index in [1.165, 1.54) is 0 Å². The Bertz CT molecular complexity index is 931. The lowest BCUT2D eigenvalue weighted by molar-refractivity contribution is 0.0729. The summed E-state index contributed by atoms with van der Waals surface area (Å²) in [4.78, 5) is 30.9. The molecule has 0 spiro atoms. The Morgan fingerprint density at radius 3 is 2.64 bits per heavy atom. The van der Waals surface area contributed by atoms with Crippen molar-refractivity contribution in [1.82, 2.24) is 9.88 Å². The summed E-state index contributed by atoms with van der Waals surface area (Å²) < 4.78 is 10.8. The zero-order valence-electron chi connectivity index (χ0n) is 16.6. The van der Waals surface area contributed by atoms with Crippen LogP contribution in [0.5, 0.6) is 11.5 Å². The highest BCUT2D eigenvalue weighted by Crippen LogP contribution is 2.38. The number of fused-ring (bicyclic) bond motifs is 1.